The molecule has 0 aliphatic heterocycles. The van der Waals surface area contributed by atoms with Gasteiger partial charge in [0.15, 0.2) is 0 Å². The van der Waals surface area contributed by atoms with Crippen LogP contribution in [0.2, 0.25) is 0 Å². The highest BCUT2D eigenvalue weighted by Gasteiger charge is 2.28. The van der Waals surface area contributed by atoms with Crippen LogP contribution in [0.1, 0.15) is 19.8 Å². The van der Waals surface area contributed by atoms with E-state index < -0.39 is 0 Å². The second-order valence-electron chi connectivity index (χ2n) is 3.18. The summed E-state index contributed by atoms with van der Waals surface area (Å²) in [6.07, 6.45) is 4.16. The van der Waals surface area contributed by atoms with Gasteiger partial charge in [-0.2, -0.15) is 0 Å². The van der Waals surface area contributed by atoms with E-state index >= 15 is 0 Å². The molecule has 1 fully saturated rings. The number of nitrogens with zero attached hydrogens (tertiary/aromatic N) is 2. The molecule has 1 rings (SSSR count). The van der Waals surface area contributed by atoms with Crippen LogP contribution in [0.25, 0.3) is 0 Å². The molecule has 1 unspecified atom stereocenters. The van der Waals surface area contributed by atoms with Crippen LogP contribution in [0.15, 0.2) is 4.99 Å². The second kappa shape index (κ2) is 3.65. The van der Waals surface area contributed by atoms with Crippen molar-refractivity contribution in [3.8, 4) is 0 Å². The Kier molecular flexibility index (Phi) is 2.80. The van der Waals surface area contributed by atoms with E-state index in [4.69, 9.17) is 0 Å². The van der Waals surface area contributed by atoms with Crippen LogP contribution in [0.5, 0.6) is 0 Å². The summed E-state index contributed by atoms with van der Waals surface area (Å²) in [5.74, 6) is 0. The highest BCUT2D eigenvalue weighted by molar-refractivity contribution is 5.32. The molecule has 0 saturated heterocycles. The van der Waals surface area contributed by atoms with E-state index in [1.54, 1.807) is 6.08 Å². The zero-order valence-corrected chi connectivity index (χ0v) is 7.08. The normalized spacial score (nSPS) is 19.5. The molecular weight excluding hydrogens is 140 g/mol. The maximum Gasteiger partial charge on any atom is 0.234 e. The zero-order chi connectivity index (χ0) is 8.27. The van der Waals surface area contributed by atoms with Crippen molar-refractivity contribution in [3.63, 3.8) is 0 Å². The smallest absolute Gasteiger partial charge is 0.234 e. The fraction of sp³-hybridized carbons (Fsp3) is 0.875. The van der Waals surface area contributed by atoms with E-state index in [0.717, 1.165) is 6.04 Å². The molecule has 11 heavy (non-hydrogen) atoms. The van der Waals surface area contributed by atoms with Gasteiger partial charge in [0, 0.05) is 12.1 Å². The average molecular weight is 154 g/mol. The maximum absolute atomic E-state index is 9.81. The number of likely N-dealkylation sites (N-methyl/N-ethyl adjacent to an activating group) is 1. The van der Waals surface area contributed by atoms with Crippen LogP contribution >= 0.6 is 0 Å². The van der Waals surface area contributed by atoms with Crippen LogP contribution in [0.3, 0.4) is 0 Å². The van der Waals surface area contributed by atoms with Gasteiger partial charge in [-0.25, -0.2) is 9.79 Å². The summed E-state index contributed by atoms with van der Waals surface area (Å²) in [7, 11) is 2.09. The first-order valence-corrected chi connectivity index (χ1v) is 4.01. The number of aliphatic imine (C=N–C) groups is 1. The summed E-state index contributed by atoms with van der Waals surface area (Å²) in [6.45, 7) is 2.66. The molecule has 3 nitrogen and oxygen atoms in total. The Balaban J connectivity index is 2.26. The summed E-state index contributed by atoms with van der Waals surface area (Å²) in [6, 6.07) is 1.12. The topological polar surface area (TPSA) is 32.7 Å². The van der Waals surface area contributed by atoms with Gasteiger partial charge in [-0.3, -0.25) is 4.90 Å². The van der Waals surface area contributed by atoms with Crippen LogP contribution in [-0.2, 0) is 4.79 Å². The first kappa shape index (κ1) is 8.44. The molecule has 1 aliphatic rings. The van der Waals surface area contributed by atoms with Crippen molar-refractivity contribution in [3.05, 3.63) is 0 Å². The molecule has 0 aromatic rings. The fourth-order valence-corrected chi connectivity index (χ4v) is 1.14. The van der Waals surface area contributed by atoms with E-state index in [2.05, 4.69) is 23.9 Å². The maximum atomic E-state index is 9.81. The highest BCUT2D eigenvalue weighted by atomic mass is 16.1. The van der Waals surface area contributed by atoms with E-state index in [0.29, 0.717) is 12.6 Å². The molecule has 0 heterocycles. The predicted molar refractivity (Wildman–Crippen MR) is 43.2 cm³/mol. The zero-order valence-electron chi connectivity index (χ0n) is 7.08. The van der Waals surface area contributed by atoms with Crippen molar-refractivity contribution >= 4 is 6.08 Å². The van der Waals surface area contributed by atoms with E-state index in [9.17, 15) is 4.79 Å². The molecule has 0 aromatic heterocycles. The third kappa shape index (κ3) is 2.45. The van der Waals surface area contributed by atoms with E-state index in [-0.39, 0.29) is 0 Å². The summed E-state index contributed by atoms with van der Waals surface area (Å²) in [5, 5.41) is 0. The molecule has 0 N–H and O–H groups in total. The van der Waals surface area contributed by atoms with Crippen molar-refractivity contribution in [1.29, 1.82) is 0 Å². The van der Waals surface area contributed by atoms with Crippen molar-refractivity contribution in [1.82, 2.24) is 4.90 Å². The largest absolute Gasteiger partial charge is 0.299 e. The lowest BCUT2D eigenvalue weighted by Gasteiger charge is -2.21. The number of isocyanates is 1. The lowest BCUT2D eigenvalue weighted by atomic mass is 10.3. The molecular formula is C8H14N2O. The number of carbonyl (C=O) groups excluding carboxylic acids is 1. The Labute approximate surface area is 67.1 Å². The Morgan fingerprint density at radius 2 is 2.36 bits per heavy atom. The van der Waals surface area contributed by atoms with Gasteiger partial charge in [0.05, 0.1) is 6.54 Å². The minimum absolute atomic E-state index is 0.379. The third-order valence-corrected chi connectivity index (χ3v) is 2.24. The van der Waals surface area contributed by atoms with Gasteiger partial charge in [0.2, 0.25) is 6.08 Å². The van der Waals surface area contributed by atoms with E-state index in [1.165, 1.54) is 12.8 Å². The van der Waals surface area contributed by atoms with Crippen molar-refractivity contribution in [2.45, 2.75) is 31.8 Å². The first-order chi connectivity index (χ1) is 5.25. The lowest BCUT2D eigenvalue weighted by molar-refractivity contribution is 0.253. The second-order valence-corrected chi connectivity index (χ2v) is 3.18. The van der Waals surface area contributed by atoms with Crippen molar-refractivity contribution < 1.29 is 4.79 Å². The minimum atomic E-state index is 0.379. The first-order valence-electron chi connectivity index (χ1n) is 4.01. The van der Waals surface area contributed by atoms with Gasteiger partial charge in [-0.05, 0) is 26.8 Å². The molecule has 62 valence electrons. The third-order valence-electron chi connectivity index (χ3n) is 2.24. The van der Waals surface area contributed by atoms with Gasteiger partial charge < -0.3 is 0 Å². The summed E-state index contributed by atoms with van der Waals surface area (Å²) in [4.78, 5) is 15.6. The van der Waals surface area contributed by atoms with Crippen LogP contribution in [0.4, 0.5) is 0 Å². The molecule has 0 bridgehead atoms. The predicted octanol–water partition coefficient (Wildman–Crippen LogP) is 0.805. The number of hydrogen-bond acceptors (Lipinski definition) is 3. The average Bonchev–Trinajstić information content (AvgIpc) is 2.81. The van der Waals surface area contributed by atoms with Gasteiger partial charge in [-0.15, -0.1) is 0 Å². The van der Waals surface area contributed by atoms with Gasteiger partial charge >= 0.3 is 0 Å². The van der Waals surface area contributed by atoms with Gasteiger partial charge in [0.1, 0.15) is 0 Å². The standard InChI is InChI=1S/C8H14N2O/c1-7(5-9-6-11)10(2)8-3-4-8/h7-8H,3-5H2,1-2H3. The molecule has 0 aromatic carbocycles. The number of rotatable bonds is 4. The van der Waals surface area contributed by atoms with Crippen LogP contribution in [0, 0.1) is 0 Å². The molecule has 1 saturated carbocycles. The SMILES string of the molecule is CC(CN=C=O)N(C)C1CC1. The molecule has 1 atom stereocenters. The van der Waals surface area contributed by atoms with Crippen LogP contribution < -0.4 is 0 Å². The lowest BCUT2D eigenvalue weighted by Crippen LogP contribution is -2.33. The quantitative estimate of drug-likeness (QED) is 0.443. The summed E-state index contributed by atoms with van der Waals surface area (Å²) >= 11 is 0. The Morgan fingerprint density at radius 1 is 1.73 bits per heavy atom. The highest BCUT2D eigenvalue weighted by Crippen LogP contribution is 2.26. The Bertz CT molecular complexity index is 171. The van der Waals surface area contributed by atoms with Crippen molar-refractivity contribution in [2.75, 3.05) is 13.6 Å². The molecule has 0 amide bonds. The monoisotopic (exact) mass is 154 g/mol. The minimum Gasteiger partial charge on any atom is -0.299 e. The molecule has 0 spiro atoms. The fourth-order valence-electron chi connectivity index (χ4n) is 1.14. The molecule has 3 heteroatoms. The van der Waals surface area contributed by atoms with Gasteiger partial charge in [-0.1, -0.05) is 0 Å². The Morgan fingerprint density at radius 3 is 2.82 bits per heavy atom. The summed E-state index contributed by atoms with van der Waals surface area (Å²) in [5.41, 5.74) is 0. The van der Waals surface area contributed by atoms with E-state index in [1.807, 2.05) is 0 Å². The number of hydrogen-bond donors (Lipinski definition) is 0. The van der Waals surface area contributed by atoms with Gasteiger partial charge in [0.25, 0.3) is 0 Å². The summed E-state index contributed by atoms with van der Waals surface area (Å²) < 4.78 is 0. The molecule has 1 aliphatic carbocycles. The molecule has 0 radical (unpaired) electrons. The van der Waals surface area contributed by atoms with Crippen LogP contribution in [-0.4, -0.2) is 36.7 Å². The van der Waals surface area contributed by atoms with Crippen molar-refractivity contribution in [2.24, 2.45) is 4.99 Å². The Hall–Kier alpha value is -0.660.